The van der Waals surface area contributed by atoms with Gasteiger partial charge in [0.25, 0.3) is 0 Å². The molecule has 1 aromatic carbocycles. The fourth-order valence-corrected chi connectivity index (χ4v) is 2.88. The van der Waals surface area contributed by atoms with E-state index >= 15 is 0 Å². The molecule has 0 bridgehead atoms. The van der Waals surface area contributed by atoms with Gasteiger partial charge in [-0.3, -0.25) is 4.98 Å². The Bertz CT molecular complexity index is 590. The minimum absolute atomic E-state index is 0.526. The summed E-state index contributed by atoms with van der Waals surface area (Å²) in [4.78, 5) is 4.52. The Balaban J connectivity index is 1.75. The van der Waals surface area contributed by atoms with Gasteiger partial charge in [0.1, 0.15) is 0 Å². The Hall–Kier alpha value is -1.83. The Labute approximate surface area is 114 Å². The van der Waals surface area contributed by atoms with Gasteiger partial charge in [-0.15, -0.1) is 0 Å². The molecule has 1 aliphatic rings. The largest absolute Gasteiger partial charge is 0.381 e. The molecule has 0 radical (unpaired) electrons. The van der Waals surface area contributed by atoms with E-state index in [0.717, 1.165) is 17.8 Å². The highest BCUT2D eigenvalue weighted by molar-refractivity contribution is 5.49. The number of rotatable bonds is 2. The van der Waals surface area contributed by atoms with Crippen LogP contribution in [0, 0.1) is 13.8 Å². The molecular formula is C17H20N2. The van der Waals surface area contributed by atoms with Crippen LogP contribution in [-0.2, 0) is 12.8 Å². The van der Waals surface area contributed by atoms with Gasteiger partial charge in [-0.2, -0.15) is 0 Å². The lowest BCUT2D eigenvalue weighted by molar-refractivity contribution is 0.610. The Kier molecular flexibility index (Phi) is 3.24. The number of aromatic nitrogens is 1. The molecule has 98 valence electrons. The van der Waals surface area contributed by atoms with Crippen LogP contribution in [0.5, 0.6) is 0 Å². The van der Waals surface area contributed by atoms with Crippen LogP contribution in [-0.4, -0.2) is 11.0 Å². The van der Waals surface area contributed by atoms with E-state index in [9.17, 15) is 0 Å². The fraction of sp³-hybridized carbons (Fsp3) is 0.353. The molecule has 2 heteroatoms. The van der Waals surface area contributed by atoms with Gasteiger partial charge in [0.05, 0.1) is 11.4 Å². The average Bonchev–Trinajstić information content (AvgIpc) is 2.42. The fourth-order valence-electron chi connectivity index (χ4n) is 2.88. The molecule has 0 aliphatic heterocycles. The molecule has 2 aromatic rings. The summed E-state index contributed by atoms with van der Waals surface area (Å²) >= 11 is 0. The van der Waals surface area contributed by atoms with Crippen molar-refractivity contribution in [3.63, 3.8) is 0 Å². The van der Waals surface area contributed by atoms with E-state index in [0.29, 0.717) is 6.04 Å². The second-order valence-corrected chi connectivity index (χ2v) is 5.44. The zero-order valence-corrected chi connectivity index (χ0v) is 11.6. The summed E-state index contributed by atoms with van der Waals surface area (Å²) in [7, 11) is 0. The third-order valence-electron chi connectivity index (χ3n) is 3.93. The Morgan fingerprint density at radius 2 is 1.84 bits per heavy atom. The minimum Gasteiger partial charge on any atom is -0.381 e. The number of nitrogens with one attached hydrogen (secondary N) is 1. The molecule has 1 atom stereocenters. The zero-order chi connectivity index (χ0) is 13.2. The van der Waals surface area contributed by atoms with E-state index in [1.54, 1.807) is 0 Å². The summed E-state index contributed by atoms with van der Waals surface area (Å²) in [6.07, 6.45) is 3.49. The number of hydrogen-bond donors (Lipinski definition) is 1. The second kappa shape index (κ2) is 5.04. The molecular weight excluding hydrogens is 232 g/mol. The normalized spacial score (nSPS) is 17.9. The Morgan fingerprint density at radius 1 is 1.05 bits per heavy atom. The van der Waals surface area contributed by atoms with Gasteiger partial charge in [0.2, 0.25) is 0 Å². The molecule has 0 saturated heterocycles. The number of fused-ring (bicyclic) bond motifs is 1. The first-order chi connectivity index (χ1) is 9.22. The van der Waals surface area contributed by atoms with Crippen LogP contribution in [0.25, 0.3) is 0 Å². The lowest BCUT2D eigenvalue weighted by Gasteiger charge is -2.26. The van der Waals surface area contributed by atoms with Gasteiger partial charge in [-0.25, -0.2) is 0 Å². The van der Waals surface area contributed by atoms with Crippen molar-refractivity contribution in [3.05, 3.63) is 58.9 Å². The molecule has 1 aliphatic carbocycles. The minimum atomic E-state index is 0.526. The third kappa shape index (κ3) is 2.62. The molecule has 1 aromatic heterocycles. The van der Waals surface area contributed by atoms with E-state index in [1.807, 2.05) is 6.92 Å². The molecule has 1 unspecified atom stereocenters. The summed E-state index contributed by atoms with van der Waals surface area (Å²) in [5, 5.41) is 3.65. The highest BCUT2D eigenvalue weighted by Gasteiger charge is 2.18. The Morgan fingerprint density at radius 3 is 2.63 bits per heavy atom. The summed E-state index contributed by atoms with van der Waals surface area (Å²) in [5.74, 6) is 0. The van der Waals surface area contributed by atoms with Crippen molar-refractivity contribution < 1.29 is 0 Å². The van der Waals surface area contributed by atoms with Crippen LogP contribution >= 0.6 is 0 Å². The van der Waals surface area contributed by atoms with Gasteiger partial charge in [0.15, 0.2) is 0 Å². The maximum absolute atomic E-state index is 4.52. The third-order valence-corrected chi connectivity index (χ3v) is 3.93. The van der Waals surface area contributed by atoms with Crippen LogP contribution in [0.2, 0.25) is 0 Å². The molecule has 1 heterocycles. The maximum atomic E-state index is 4.52. The average molecular weight is 252 g/mol. The summed E-state index contributed by atoms with van der Waals surface area (Å²) < 4.78 is 0. The van der Waals surface area contributed by atoms with Crippen LogP contribution in [0.4, 0.5) is 5.69 Å². The van der Waals surface area contributed by atoms with Crippen LogP contribution in [0.1, 0.15) is 28.9 Å². The van der Waals surface area contributed by atoms with E-state index in [1.165, 1.54) is 29.7 Å². The standard InChI is InChI=1S/C17H20N2/c1-12-7-10-17(13(2)18-12)19-16-9-8-14-5-3-4-6-15(14)11-16/h3-7,10,16,19H,8-9,11H2,1-2H3. The highest BCUT2D eigenvalue weighted by Crippen LogP contribution is 2.24. The van der Waals surface area contributed by atoms with Crippen LogP contribution < -0.4 is 5.32 Å². The van der Waals surface area contributed by atoms with E-state index < -0.39 is 0 Å². The smallest absolute Gasteiger partial charge is 0.0606 e. The van der Waals surface area contributed by atoms with Crippen molar-refractivity contribution in [1.82, 2.24) is 4.98 Å². The number of pyridine rings is 1. The lowest BCUT2D eigenvalue weighted by atomic mass is 9.88. The molecule has 3 rings (SSSR count). The van der Waals surface area contributed by atoms with Crippen molar-refractivity contribution in [2.24, 2.45) is 0 Å². The number of nitrogens with zero attached hydrogens (tertiary/aromatic N) is 1. The summed E-state index contributed by atoms with van der Waals surface area (Å²) in [6, 6.07) is 13.5. The lowest BCUT2D eigenvalue weighted by Crippen LogP contribution is -2.27. The van der Waals surface area contributed by atoms with Gasteiger partial charge in [0, 0.05) is 11.7 Å². The molecule has 1 N–H and O–H groups in total. The first kappa shape index (κ1) is 12.2. The van der Waals surface area contributed by atoms with Crippen molar-refractivity contribution in [2.75, 3.05) is 5.32 Å². The van der Waals surface area contributed by atoms with E-state index in [-0.39, 0.29) is 0 Å². The van der Waals surface area contributed by atoms with E-state index in [4.69, 9.17) is 0 Å². The second-order valence-electron chi connectivity index (χ2n) is 5.44. The molecule has 0 amide bonds. The van der Waals surface area contributed by atoms with Crippen molar-refractivity contribution in [1.29, 1.82) is 0 Å². The summed E-state index contributed by atoms with van der Waals surface area (Å²) in [5.41, 5.74) is 6.36. The maximum Gasteiger partial charge on any atom is 0.0606 e. The SMILES string of the molecule is Cc1ccc(NC2CCc3ccccc3C2)c(C)n1. The number of anilines is 1. The molecule has 0 spiro atoms. The van der Waals surface area contributed by atoms with Gasteiger partial charge < -0.3 is 5.32 Å². The first-order valence-corrected chi connectivity index (χ1v) is 7.00. The van der Waals surface area contributed by atoms with Crippen LogP contribution in [0.3, 0.4) is 0 Å². The zero-order valence-electron chi connectivity index (χ0n) is 11.6. The molecule has 0 saturated carbocycles. The van der Waals surface area contributed by atoms with Gasteiger partial charge in [-0.1, -0.05) is 24.3 Å². The van der Waals surface area contributed by atoms with Gasteiger partial charge in [-0.05, 0) is 56.4 Å². The quantitative estimate of drug-likeness (QED) is 0.882. The van der Waals surface area contributed by atoms with Crippen molar-refractivity contribution in [2.45, 2.75) is 39.2 Å². The number of benzene rings is 1. The molecule has 19 heavy (non-hydrogen) atoms. The van der Waals surface area contributed by atoms with Crippen molar-refractivity contribution >= 4 is 5.69 Å². The predicted octanol–water partition coefficient (Wildman–Crippen LogP) is 3.67. The summed E-state index contributed by atoms with van der Waals surface area (Å²) in [6.45, 7) is 4.11. The van der Waals surface area contributed by atoms with E-state index in [2.05, 4.69) is 53.6 Å². The topological polar surface area (TPSA) is 24.9 Å². The first-order valence-electron chi connectivity index (χ1n) is 7.00. The predicted molar refractivity (Wildman–Crippen MR) is 79.6 cm³/mol. The number of hydrogen-bond acceptors (Lipinski definition) is 2. The monoisotopic (exact) mass is 252 g/mol. The van der Waals surface area contributed by atoms with Crippen LogP contribution in [0.15, 0.2) is 36.4 Å². The molecule has 0 fully saturated rings. The van der Waals surface area contributed by atoms with Gasteiger partial charge >= 0.3 is 0 Å². The van der Waals surface area contributed by atoms with Crippen molar-refractivity contribution in [3.8, 4) is 0 Å². The highest BCUT2D eigenvalue weighted by atomic mass is 14.9. The number of aryl methyl sites for hydroxylation is 3. The molecule has 2 nitrogen and oxygen atoms in total.